The quantitative estimate of drug-likeness (QED) is 0.497. The summed E-state index contributed by atoms with van der Waals surface area (Å²) < 4.78 is 30.3. The van der Waals surface area contributed by atoms with E-state index in [1.54, 1.807) is 16.4 Å². The first-order valence-electron chi connectivity index (χ1n) is 11.2. The van der Waals surface area contributed by atoms with Crippen LogP contribution < -0.4 is 0 Å². The second-order valence-electron chi connectivity index (χ2n) is 8.37. The van der Waals surface area contributed by atoms with Crippen LogP contribution in [0.4, 0.5) is 0 Å². The summed E-state index contributed by atoms with van der Waals surface area (Å²) in [6.07, 6.45) is 7.19. The van der Waals surface area contributed by atoms with Gasteiger partial charge in [-0.05, 0) is 60.9 Å². The van der Waals surface area contributed by atoms with Gasteiger partial charge in [-0.1, -0.05) is 50.6 Å². The van der Waals surface area contributed by atoms with Gasteiger partial charge in [-0.25, -0.2) is 8.42 Å². The maximum absolute atomic E-state index is 13.1. The summed E-state index contributed by atoms with van der Waals surface area (Å²) in [6, 6.07) is 16.0. The molecule has 1 aliphatic rings. The van der Waals surface area contributed by atoms with Crippen molar-refractivity contribution in [2.45, 2.75) is 63.3 Å². The number of hydrogen-bond donors (Lipinski definition) is 0. The number of sulfonamides is 1. The molecule has 30 heavy (non-hydrogen) atoms. The van der Waals surface area contributed by atoms with E-state index in [0.29, 0.717) is 23.9 Å². The highest BCUT2D eigenvalue weighted by Gasteiger charge is 2.31. The highest BCUT2D eigenvalue weighted by Crippen LogP contribution is 2.36. The first-order chi connectivity index (χ1) is 14.5. The Hall–Kier alpha value is -2.11. The predicted octanol–water partition coefficient (Wildman–Crippen LogP) is 5.57. The molecule has 1 aromatic heterocycles. The topological polar surface area (TPSA) is 42.3 Å². The van der Waals surface area contributed by atoms with Crippen LogP contribution in [-0.2, 0) is 23.0 Å². The van der Waals surface area contributed by atoms with E-state index in [1.165, 1.54) is 22.0 Å². The van der Waals surface area contributed by atoms with Gasteiger partial charge in [-0.15, -0.1) is 0 Å². The number of hydrogen-bond acceptors (Lipinski definition) is 2. The molecule has 0 N–H and O–H groups in total. The van der Waals surface area contributed by atoms with Crippen LogP contribution >= 0.6 is 0 Å². The number of rotatable bonds is 7. The van der Waals surface area contributed by atoms with Gasteiger partial charge in [0, 0.05) is 36.7 Å². The SMILES string of the molecule is CCCc1ccc(S(=O)(=O)N2CCC(c3cn(CCC)c4ccccc34)CC2)cc1. The summed E-state index contributed by atoms with van der Waals surface area (Å²) in [5, 5.41) is 1.32. The molecule has 0 amide bonds. The summed E-state index contributed by atoms with van der Waals surface area (Å²) in [6.45, 7) is 6.51. The molecule has 0 saturated carbocycles. The standard InChI is InChI=1S/C25H32N2O2S/c1-3-7-20-10-12-22(13-11-20)30(28,29)27-17-14-21(15-18-27)24-19-26(16-4-2)25-9-6-5-8-23(24)25/h5-6,8-13,19,21H,3-4,7,14-18H2,1-2H3. The minimum Gasteiger partial charge on any atom is -0.347 e. The van der Waals surface area contributed by atoms with Gasteiger partial charge in [0.15, 0.2) is 0 Å². The molecule has 0 spiro atoms. The zero-order valence-electron chi connectivity index (χ0n) is 18.0. The van der Waals surface area contributed by atoms with Gasteiger partial charge in [-0.2, -0.15) is 4.31 Å². The van der Waals surface area contributed by atoms with E-state index in [0.717, 1.165) is 38.6 Å². The Kier molecular flexibility index (Phi) is 6.30. The molecule has 4 nitrogen and oxygen atoms in total. The number of fused-ring (bicyclic) bond motifs is 1. The van der Waals surface area contributed by atoms with Crippen molar-refractivity contribution < 1.29 is 8.42 Å². The van der Waals surface area contributed by atoms with Crippen LogP contribution in [0.1, 0.15) is 56.6 Å². The van der Waals surface area contributed by atoms with Crippen molar-refractivity contribution in [1.29, 1.82) is 0 Å². The number of para-hydroxylation sites is 1. The average molecular weight is 425 g/mol. The molecule has 160 valence electrons. The normalized spacial score (nSPS) is 16.3. The van der Waals surface area contributed by atoms with Crippen molar-refractivity contribution in [2.24, 2.45) is 0 Å². The molecule has 0 radical (unpaired) electrons. The minimum absolute atomic E-state index is 0.409. The van der Waals surface area contributed by atoms with Gasteiger partial charge in [0.1, 0.15) is 0 Å². The highest BCUT2D eigenvalue weighted by atomic mass is 32.2. The van der Waals surface area contributed by atoms with Gasteiger partial charge < -0.3 is 4.57 Å². The first kappa shape index (κ1) is 21.1. The second-order valence-corrected chi connectivity index (χ2v) is 10.3. The van der Waals surface area contributed by atoms with Crippen molar-refractivity contribution in [2.75, 3.05) is 13.1 Å². The van der Waals surface area contributed by atoms with Crippen LogP contribution in [0.5, 0.6) is 0 Å². The van der Waals surface area contributed by atoms with E-state index in [2.05, 4.69) is 48.9 Å². The first-order valence-corrected chi connectivity index (χ1v) is 12.7. The molecule has 2 heterocycles. The minimum atomic E-state index is -3.42. The Morgan fingerprint density at radius 2 is 1.63 bits per heavy atom. The van der Waals surface area contributed by atoms with Gasteiger partial charge >= 0.3 is 0 Å². The number of nitrogens with zero attached hydrogens (tertiary/aromatic N) is 2. The number of aromatic nitrogens is 1. The molecule has 0 aliphatic carbocycles. The molecule has 1 aliphatic heterocycles. The van der Waals surface area contributed by atoms with Crippen LogP contribution in [-0.4, -0.2) is 30.4 Å². The smallest absolute Gasteiger partial charge is 0.243 e. The Bertz CT molecular complexity index is 1090. The third kappa shape index (κ3) is 4.06. The maximum Gasteiger partial charge on any atom is 0.243 e. The molecule has 5 heteroatoms. The zero-order valence-corrected chi connectivity index (χ0v) is 18.9. The van der Waals surface area contributed by atoms with Crippen molar-refractivity contribution in [3.05, 3.63) is 65.9 Å². The molecule has 0 bridgehead atoms. The second kappa shape index (κ2) is 8.94. The lowest BCUT2D eigenvalue weighted by Gasteiger charge is -2.31. The van der Waals surface area contributed by atoms with Crippen molar-refractivity contribution in [3.63, 3.8) is 0 Å². The lowest BCUT2D eigenvalue weighted by molar-refractivity contribution is 0.320. The zero-order chi connectivity index (χ0) is 21.1. The highest BCUT2D eigenvalue weighted by molar-refractivity contribution is 7.89. The fourth-order valence-corrected chi connectivity index (χ4v) is 6.17. The molecule has 2 aromatic carbocycles. The monoisotopic (exact) mass is 424 g/mol. The Labute approximate surface area is 180 Å². The largest absolute Gasteiger partial charge is 0.347 e. The molecule has 1 fully saturated rings. The van der Waals surface area contributed by atoms with E-state index >= 15 is 0 Å². The van der Waals surface area contributed by atoms with Gasteiger partial charge in [0.25, 0.3) is 0 Å². The third-order valence-corrected chi connectivity index (χ3v) is 8.19. The van der Waals surface area contributed by atoms with E-state index in [4.69, 9.17) is 0 Å². The molecular formula is C25H32N2O2S. The third-order valence-electron chi connectivity index (χ3n) is 6.28. The molecule has 1 saturated heterocycles. The Morgan fingerprint density at radius 3 is 2.30 bits per heavy atom. The molecule has 3 aromatic rings. The molecule has 4 rings (SSSR count). The summed E-state index contributed by atoms with van der Waals surface area (Å²) in [5.74, 6) is 0.409. The number of aryl methyl sites for hydroxylation is 2. The van der Waals surface area contributed by atoms with Gasteiger partial charge in [0.05, 0.1) is 4.90 Å². The fraction of sp³-hybridized carbons (Fsp3) is 0.440. The van der Waals surface area contributed by atoms with Gasteiger partial charge in [-0.3, -0.25) is 0 Å². The van der Waals surface area contributed by atoms with Crippen molar-refractivity contribution in [1.82, 2.24) is 8.87 Å². The van der Waals surface area contributed by atoms with Crippen molar-refractivity contribution in [3.8, 4) is 0 Å². The summed E-state index contributed by atoms with van der Waals surface area (Å²) >= 11 is 0. The average Bonchev–Trinajstić information content (AvgIpc) is 3.13. The van der Waals surface area contributed by atoms with E-state index in [1.807, 2.05) is 12.1 Å². The van der Waals surface area contributed by atoms with Crippen LogP contribution in [0.2, 0.25) is 0 Å². The lowest BCUT2D eigenvalue weighted by Crippen LogP contribution is -2.37. The summed E-state index contributed by atoms with van der Waals surface area (Å²) in [4.78, 5) is 0.417. The number of piperidine rings is 1. The fourth-order valence-electron chi connectivity index (χ4n) is 4.70. The molecule has 0 unspecified atom stereocenters. The van der Waals surface area contributed by atoms with Crippen molar-refractivity contribution >= 4 is 20.9 Å². The van der Waals surface area contributed by atoms with E-state index in [9.17, 15) is 8.42 Å². The van der Waals surface area contributed by atoms with Crippen LogP contribution in [0.15, 0.2) is 59.6 Å². The summed E-state index contributed by atoms with van der Waals surface area (Å²) in [7, 11) is -3.42. The Balaban J connectivity index is 1.50. The lowest BCUT2D eigenvalue weighted by atomic mass is 9.90. The molecule has 0 atom stereocenters. The number of benzene rings is 2. The predicted molar refractivity (Wildman–Crippen MR) is 123 cm³/mol. The molecular weight excluding hydrogens is 392 g/mol. The van der Waals surface area contributed by atoms with Crippen LogP contribution in [0.3, 0.4) is 0 Å². The van der Waals surface area contributed by atoms with E-state index in [-0.39, 0.29) is 0 Å². The van der Waals surface area contributed by atoms with Gasteiger partial charge in [0.2, 0.25) is 10.0 Å². The Morgan fingerprint density at radius 1 is 0.933 bits per heavy atom. The van der Waals surface area contributed by atoms with Crippen LogP contribution in [0, 0.1) is 0 Å². The van der Waals surface area contributed by atoms with E-state index < -0.39 is 10.0 Å². The maximum atomic E-state index is 13.1. The van der Waals surface area contributed by atoms with Crippen LogP contribution in [0.25, 0.3) is 10.9 Å². The summed E-state index contributed by atoms with van der Waals surface area (Å²) in [5.41, 5.74) is 3.86.